The first kappa shape index (κ1) is 11.8. The Morgan fingerprint density at radius 3 is 2.59 bits per heavy atom. The topological polar surface area (TPSA) is 59.2 Å². The number of aliphatic hydroxyl groups is 1. The molecule has 0 spiro atoms. The Morgan fingerprint density at radius 2 is 1.88 bits per heavy atom. The van der Waals surface area contributed by atoms with Gasteiger partial charge in [-0.2, -0.15) is 0 Å². The van der Waals surface area contributed by atoms with Crippen molar-refractivity contribution in [1.82, 2.24) is 10.2 Å². The first-order chi connectivity index (χ1) is 8.28. The fourth-order valence-electron chi connectivity index (χ4n) is 1.70. The summed E-state index contributed by atoms with van der Waals surface area (Å²) in [4.78, 5) is 0. The third-order valence-corrected chi connectivity index (χ3v) is 2.54. The van der Waals surface area contributed by atoms with Crippen molar-refractivity contribution in [3.05, 3.63) is 47.2 Å². The highest BCUT2D eigenvalue weighted by Crippen LogP contribution is 2.09. The summed E-state index contributed by atoms with van der Waals surface area (Å²) in [6, 6.07) is 8.38. The molecule has 2 rings (SSSR count). The second-order valence-electron chi connectivity index (χ2n) is 4.05. The molecule has 0 amide bonds. The molecule has 1 aromatic heterocycles. The summed E-state index contributed by atoms with van der Waals surface area (Å²) in [6.45, 7) is 2.12. The average Bonchev–Trinajstić information content (AvgIpc) is 2.75. The fourth-order valence-corrected chi connectivity index (χ4v) is 1.70. The van der Waals surface area contributed by atoms with Gasteiger partial charge in [0.2, 0.25) is 11.8 Å². The first-order valence-corrected chi connectivity index (χ1v) is 5.75. The van der Waals surface area contributed by atoms with E-state index in [9.17, 15) is 0 Å². The Hall–Kier alpha value is -1.68. The number of aromatic nitrogens is 2. The summed E-state index contributed by atoms with van der Waals surface area (Å²) in [5, 5.41) is 16.5. The van der Waals surface area contributed by atoms with Gasteiger partial charge in [0.05, 0.1) is 6.61 Å². The van der Waals surface area contributed by atoms with E-state index in [0.29, 0.717) is 18.2 Å². The summed E-state index contributed by atoms with van der Waals surface area (Å²) < 4.78 is 5.39. The molecule has 1 N–H and O–H groups in total. The molecule has 4 nitrogen and oxygen atoms in total. The van der Waals surface area contributed by atoms with Crippen molar-refractivity contribution in [3.63, 3.8) is 0 Å². The molecule has 0 aliphatic carbocycles. The maximum atomic E-state index is 8.74. The van der Waals surface area contributed by atoms with Gasteiger partial charge in [0.15, 0.2) is 0 Å². The minimum Gasteiger partial charge on any atom is -0.425 e. The third-order valence-electron chi connectivity index (χ3n) is 2.54. The minimum absolute atomic E-state index is 0.0412. The molecule has 2 aromatic rings. The van der Waals surface area contributed by atoms with Crippen molar-refractivity contribution in [1.29, 1.82) is 0 Å². The van der Waals surface area contributed by atoms with Crippen molar-refractivity contribution in [2.45, 2.75) is 26.2 Å². The minimum atomic E-state index is 0.0412. The summed E-state index contributed by atoms with van der Waals surface area (Å²) in [5.74, 6) is 1.14. The standard InChI is InChI=1S/C13H16N2O2/c1-10-3-2-4-11(9-10)5-6-12-14-15-13(17-12)7-8-16/h2-4,9,16H,5-8H2,1H3. The SMILES string of the molecule is Cc1cccc(CCc2nnc(CCO)o2)c1. The molecule has 0 saturated carbocycles. The van der Waals surface area contributed by atoms with E-state index in [1.807, 2.05) is 0 Å². The highest BCUT2D eigenvalue weighted by atomic mass is 16.4. The number of aryl methyl sites for hydroxylation is 3. The molecule has 1 aromatic carbocycles. The van der Waals surface area contributed by atoms with Crippen molar-refractivity contribution < 1.29 is 9.52 Å². The van der Waals surface area contributed by atoms with Crippen LogP contribution in [0.5, 0.6) is 0 Å². The third kappa shape index (κ3) is 3.39. The van der Waals surface area contributed by atoms with Crippen LogP contribution in [0.4, 0.5) is 0 Å². The second kappa shape index (κ2) is 5.59. The molecule has 0 bridgehead atoms. The molecular weight excluding hydrogens is 216 g/mol. The average molecular weight is 232 g/mol. The molecule has 0 atom stereocenters. The van der Waals surface area contributed by atoms with Crippen molar-refractivity contribution in [2.24, 2.45) is 0 Å². The Kier molecular flexibility index (Phi) is 3.88. The van der Waals surface area contributed by atoms with Crippen LogP contribution in [0.25, 0.3) is 0 Å². The van der Waals surface area contributed by atoms with Gasteiger partial charge in [0, 0.05) is 12.8 Å². The number of hydrogen-bond donors (Lipinski definition) is 1. The number of aliphatic hydroxyl groups excluding tert-OH is 1. The Morgan fingerprint density at radius 1 is 1.12 bits per heavy atom. The molecular formula is C13H16N2O2. The maximum Gasteiger partial charge on any atom is 0.218 e. The van der Waals surface area contributed by atoms with Gasteiger partial charge in [-0.15, -0.1) is 10.2 Å². The number of benzene rings is 1. The predicted octanol–water partition coefficient (Wildman–Crippen LogP) is 1.70. The van der Waals surface area contributed by atoms with E-state index in [-0.39, 0.29) is 6.61 Å². The summed E-state index contributed by atoms with van der Waals surface area (Å²) >= 11 is 0. The van der Waals surface area contributed by atoms with E-state index >= 15 is 0 Å². The largest absolute Gasteiger partial charge is 0.425 e. The highest BCUT2D eigenvalue weighted by Gasteiger charge is 2.05. The van der Waals surface area contributed by atoms with E-state index in [4.69, 9.17) is 9.52 Å². The molecule has 0 fully saturated rings. The number of hydrogen-bond acceptors (Lipinski definition) is 4. The molecule has 90 valence electrons. The van der Waals surface area contributed by atoms with E-state index in [2.05, 4.69) is 41.4 Å². The van der Waals surface area contributed by atoms with Gasteiger partial charge >= 0.3 is 0 Å². The summed E-state index contributed by atoms with van der Waals surface area (Å²) in [7, 11) is 0. The van der Waals surface area contributed by atoms with Crippen LogP contribution in [0.1, 0.15) is 22.9 Å². The maximum absolute atomic E-state index is 8.74. The van der Waals surface area contributed by atoms with Crippen molar-refractivity contribution in [2.75, 3.05) is 6.61 Å². The highest BCUT2D eigenvalue weighted by molar-refractivity contribution is 5.22. The quantitative estimate of drug-likeness (QED) is 0.852. The van der Waals surface area contributed by atoms with E-state index in [0.717, 1.165) is 12.8 Å². The molecule has 0 aliphatic rings. The van der Waals surface area contributed by atoms with Crippen LogP contribution in [-0.2, 0) is 19.3 Å². The van der Waals surface area contributed by atoms with Gasteiger partial charge in [-0.05, 0) is 18.9 Å². The monoisotopic (exact) mass is 232 g/mol. The molecule has 17 heavy (non-hydrogen) atoms. The zero-order valence-corrected chi connectivity index (χ0v) is 9.89. The van der Waals surface area contributed by atoms with Crippen LogP contribution in [0, 0.1) is 6.92 Å². The number of nitrogens with zero attached hydrogens (tertiary/aromatic N) is 2. The predicted molar refractivity (Wildman–Crippen MR) is 63.7 cm³/mol. The lowest BCUT2D eigenvalue weighted by Gasteiger charge is -1.99. The lowest BCUT2D eigenvalue weighted by atomic mass is 10.1. The Bertz CT molecular complexity index is 480. The van der Waals surface area contributed by atoms with Crippen LogP contribution in [0.2, 0.25) is 0 Å². The molecule has 0 saturated heterocycles. The van der Waals surface area contributed by atoms with Crippen molar-refractivity contribution >= 4 is 0 Å². The Labute approximate surface area is 100 Å². The van der Waals surface area contributed by atoms with E-state index in [1.54, 1.807) is 0 Å². The lowest BCUT2D eigenvalue weighted by molar-refractivity contribution is 0.283. The second-order valence-corrected chi connectivity index (χ2v) is 4.05. The lowest BCUT2D eigenvalue weighted by Crippen LogP contribution is -1.92. The van der Waals surface area contributed by atoms with E-state index in [1.165, 1.54) is 11.1 Å². The van der Waals surface area contributed by atoms with Crippen LogP contribution in [0.15, 0.2) is 28.7 Å². The van der Waals surface area contributed by atoms with Gasteiger partial charge in [-0.1, -0.05) is 29.8 Å². The van der Waals surface area contributed by atoms with Crippen LogP contribution in [0.3, 0.4) is 0 Å². The fraction of sp³-hybridized carbons (Fsp3) is 0.385. The zero-order valence-electron chi connectivity index (χ0n) is 9.89. The van der Waals surface area contributed by atoms with Gasteiger partial charge in [-0.3, -0.25) is 0 Å². The van der Waals surface area contributed by atoms with Gasteiger partial charge in [0.25, 0.3) is 0 Å². The smallest absolute Gasteiger partial charge is 0.218 e. The molecule has 4 heteroatoms. The van der Waals surface area contributed by atoms with Crippen LogP contribution in [-0.4, -0.2) is 21.9 Å². The molecule has 0 unspecified atom stereocenters. The van der Waals surface area contributed by atoms with Gasteiger partial charge in [0.1, 0.15) is 0 Å². The van der Waals surface area contributed by atoms with Gasteiger partial charge < -0.3 is 9.52 Å². The summed E-state index contributed by atoms with van der Waals surface area (Å²) in [5.41, 5.74) is 2.53. The first-order valence-electron chi connectivity index (χ1n) is 5.75. The van der Waals surface area contributed by atoms with Gasteiger partial charge in [-0.25, -0.2) is 0 Å². The normalized spacial score (nSPS) is 10.7. The van der Waals surface area contributed by atoms with Crippen molar-refractivity contribution in [3.8, 4) is 0 Å². The number of rotatable bonds is 5. The van der Waals surface area contributed by atoms with Crippen LogP contribution < -0.4 is 0 Å². The molecule has 0 aliphatic heterocycles. The zero-order chi connectivity index (χ0) is 12.1. The molecule has 0 radical (unpaired) electrons. The van der Waals surface area contributed by atoms with Crippen LogP contribution >= 0.6 is 0 Å². The molecule has 1 heterocycles. The Balaban J connectivity index is 1.93. The van der Waals surface area contributed by atoms with E-state index < -0.39 is 0 Å². The summed E-state index contributed by atoms with van der Waals surface area (Å²) in [6.07, 6.45) is 2.06.